The minimum atomic E-state index is -0.326. The summed E-state index contributed by atoms with van der Waals surface area (Å²) in [5.41, 5.74) is 0.349. The summed E-state index contributed by atoms with van der Waals surface area (Å²) >= 11 is 0. The zero-order chi connectivity index (χ0) is 11.2. The predicted molar refractivity (Wildman–Crippen MR) is 59.0 cm³/mol. The molecule has 0 bridgehead atoms. The molecule has 0 aliphatic rings. The lowest BCUT2D eigenvalue weighted by atomic mass is 9.84. The maximum atomic E-state index is 10.7. The van der Waals surface area contributed by atoms with Crippen molar-refractivity contribution in [3.8, 4) is 0 Å². The van der Waals surface area contributed by atoms with Gasteiger partial charge in [-0.05, 0) is 24.2 Å². The van der Waals surface area contributed by atoms with Gasteiger partial charge in [-0.3, -0.25) is 0 Å². The van der Waals surface area contributed by atoms with Gasteiger partial charge < -0.3 is 4.74 Å². The topological polar surface area (TPSA) is 26.3 Å². The molecule has 0 aromatic heterocycles. The molecule has 0 heterocycles. The van der Waals surface area contributed by atoms with Gasteiger partial charge in [-0.25, -0.2) is 4.79 Å². The smallest absolute Gasteiger partial charge is 0.330 e. The SMILES string of the molecule is C=CC(=O)OCC[C@@H](C)CC(C)(C)C. The molecule has 0 N–H and O–H groups in total. The van der Waals surface area contributed by atoms with E-state index in [-0.39, 0.29) is 5.97 Å². The fourth-order valence-corrected chi connectivity index (χ4v) is 1.57. The van der Waals surface area contributed by atoms with Crippen molar-refractivity contribution in [3.63, 3.8) is 0 Å². The average Bonchev–Trinajstić information content (AvgIpc) is 2.00. The third-order valence-electron chi connectivity index (χ3n) is 1.98. The Bertz CT molecular complexity index is 189. The average molecular weight is 198 g/mol. The fourth-order valence-electron chi connectivity index (χ4n) is 1.57. The van der Waals surface area contributed by atoms with Crippen LogP contribution in [0.4, 0.5) is 0 Å². The molecule has 82 valence electrons. The molecule has 0 fully saturated rings. The number of hydrogen-bond acceptors (Lipinski definition) is 2. The van der Waals surface area contributed by atoms with Crippen molar-refractivity contribution in [2.75, 3.05) is 6.61 Å². The summed E-state index contributed by atoms with van der Waals surface area (Å²) in [7, 11) is 0. The van der Waals surface area contributed by atoms with Gasteiger partial charge in [0.1, 0.15) is 0 Å². The summed E-state index contributed by atoms with van der Waals surface area (Å²) in [6, 6.07) is 0. The zero-order valence-corrected chi connectivity index (χ0v) is 9.80. The van der Waals surface area contributed by atoms with E-state index >= 15 is 0 Å². The first kappa shape index (κ1) is 13.2. The van der Waals surface area contributed by atoms with Crippen LogP contribution in [0.3, 0.4) is 0 Å². The third-order valence-corrected chi connectivity index (χ3v) is 1.98. The van der Waals surface area contributed by atoms with Gasteiger partial charge in [-0.1, -0.05) is 34.3 Å². The normalized spacial score (nSPS) is 13.4. The van der Waals surface area contributed by atoms with E-state index in [1.54, 1.807) is 0 Å². The van der Waals surface area contributed by atoms with Gasteiger partial charge in [-0.2, -0.15) is 0 Å². The van der Waals surface area contributed by atoms with E-state index in [4.69, 9.17) is 4.74 Å². The minimum Gasteiger partial charge on any atom is -0.463 e. The Balaban J connectivity index is 3.59. The largest absolute Gasteiger partial charge is 0.463 e. The lowest BCUT2D eigenvalue weighted by molar-refractivity contribution is -0.138. The van der Waals surface area contributed by atoms with E-state index in [2.05, 4.69) is 34.3 Å². The summed E-state index contributed by atoms with van der Waals surface area (Å²) in [6.07, 6.45) is 3.28. The Morgan fingerprint density at radius 2 is 2.07 bits per heavy atom. The number of ether oxygens (including phenoxy) is 1. The van der Waals surface area contributed by atoms with Crippen LogP contribution >= 0.6 is 0 Å². The second kappa shape index (κ2) is 5.84. The van der Waals surface area contributed by atoms with Crippen molar-refractivity contribution in [1.82, 2.24) is 0 Å². The number of esters is 1. The van der Waals surface area contributed by atoms with Crippen molar-refractivity contribution < 1.29 is 9.53 Å². The van der Waals surface area contributed by atoms with Crippen molar-refractivity contribution >= 4 is 5.97 Å². The first-order valence-corrected chi connectivity index (χ1v) is 5.14. The van der Waals surface area contributed by atoms with Crippen LogP contribution in [-0.2, 0) is 9.53 Å². The molecule has 0 saturated carbocycles. The third kappa shape index (κ3) is 7.84. The van der Waals surface area contributed by atoms with Crippen LogP contribution in [0.25, 0.3) is 0 Å². The van der Waals surface area contributed by atoms with Crippen LogP contribution in [0.5, 0.6) is 0 Å². The van der Waals surface area contributed by atoms with E-state index in [0.717, 1.165) is 12.8 Å². The van der Waals surface area contributed by atoms with Crippen molar-refractivity contribution in [3.05, 3.63) is 12.7 Å². The maximum absolute atomic E-state index is 10.7. The lowest BCUT2D eigenvalue weighted by Crippen LogP contribution is -2.13. The minimum absolute atomic E-state index is 0.326. The molecule has 0 saturated heterocycles. The van der Waals surface area contributed by atoms with Crippen LogP contribution in [-0.4, -0.2) is 12.6 Å². The highest BCUT2D eigenvalue weighted by atomic mass is 16.5. The summed E-state index contributed by atoms with van der Waals surface area (Å²) in [4.78, 5) is 10.7. The van der Waals surface area contributed by atoms with E-state index in [9.17, 15) is 4.79 Å². The molecule has 14 heavy (non-hydrogen) atoms. The lowest BCUT2D eigenvalue weighted by Gasteiger charge is -2.22. The molecule has 0 aliphatic carbocycles. The highest BCUT2D eigenvalue weighted by Gasteiger charge is 2.15. The summed E-state index contributed by atoms with van der Waals surface area (Å²) in [6.45, 7) is 12.7. The molecule has 0 amide bonds. The van der Waals surface area contributed by atoms with Crippen LogP contribution in [0.15, 0.2) is 12.7 Å². The Kier molecular flexibility index (Phi) is 5.51. The van der Waals surface area contributed by atoms with E-state index in [1.165, 1.54) is 6.08 Å². The van der Waals surface area contributed by atoms with Crippen LogP contribution in [0.2, 0.25) is 0 Å². The molecule has 0 rings (SSSR count). The molecule has 0 radical (unpaired) electrons. The molecule has 2 nitrogen and oxygen atoms in total. The monoisotopic (exact) mass is 198 g/mol. The predicted octanol–water partition coefficient (Wildman–Crippen LogP) is 3.18. The standard InChI is InChI=1S/C12H22O2/c1-6-11(13)14-8-7-10(2)9-12(3,4)5/h6,10H,1,7-9H2,2-5H3/t10-/m1/s1. The zero-order valence-electron chi connectivity index (χ0n) is 9.80. The van der Waals surface area contributed by atoms with Crippen LogP contribution in [0, 0.1) is 11.3 Å². The molecule has 0 aromatic rings. The first-order chi connectivity index (χ1) is 6.35. The highest BCUT2D eigenvalue weighted by Crippen LogP contribution is 2.25. The molecular weight excluding hydrogens is 176 g/mol. The summed E-state index contributed by atoms with van der Waals surface area (Å²) in [5, 5.41) is 0. The molecule has 0 unspecified atom stereocenters. The quantitative estimate of drug-likeness (QED) is 0.501. The Morgan fingerprint density at radius 3 is 2.50 bits per heavy atom. The fraction of sp³-hybridized carbons (Fsp3) is 0.750. The van der Waals surface area contributed by atoms with Gasteiger partial charge in [0.25, 0.3) is 0 Å². The molecule has 0 aromatic carbocycles. The van der Waals surface area contributed by atoms with Crippen LogP contribution < -0.4 is 0 Å². The second-order valence-corrected chi connectivity index (χ2v) is 5.03. The Hall–Kier alpha value is -0.790. The van der Waals surface area contributed by atoms with Gasteiger partial charge in [0.15, 0.2) is 0 Å². The van der Waals surface area contributed by atoms with Gasteiger partial charge in [-0.15, -0.1) is 0 Å². The Labute approximate surface area is 87.3 Å². The Morgan fingerprint density at radius 1 is 1.50 bits per heavy atom. The summed E-state index contributed by atoms with van der Waals surface area (Å²) in [5.74, 6) is 0.264. The van der Waals surface area contributed by atoms with Crippen molar-refractivity contribution in [2.45, 2.75) is 40.5 Å². The number of hydrogen-bond donors (Lipinski definition) is 0. The van der Waals surface area contributed by atoms with Gasteiger partial charge in [0.2, 0.25) is 0 Å². The first-order valence-electron chi connectivity index (χ1n) is 5.14. The number of carbonyl (C=O) groups is 1. The van der Waals surface area contributed by atoms with E-state index < -0.39 is 0 Å². The maximum Gasteiger partial charge on any atom is 0.330 e. The molecular formula is C12H22O2. The van der Waals surface area contributed by atoms with Crippen LogP contribution in [0.1, 0.15) is 40.5 Å². The molecule has 0 aliphatic heterocycles. The second-order valence-electron chi connectivity index (χ2n) is 5.03. The highest BCUT2D eigenvalue weighted by molar-refractivity contribution is 5.81. The van der Waals surface area contributed by atoms with E-state index in [1.807, 2.05) is 0 Å². The molecule has 0 spiro atoms. The van der Waals surface area contributed by atoms with Crippen molar-refractivity contribution in [2.24, 2.45) is 11.3 Å². The van der Waals surface area contributed by atoms with Gasteiger partial charge in [0, 0.05) is 6.08 Å². The van der Waals surface area contributed by atoms with Gasteiger partial charge in [0.05, 0.1) is 6.61 Å². The van der Waals surface area contributed by atoms with E-state index in [0.29, 0.717) is 17.9 Å². The number of carbonyl (C=O) groups excluding carboxylic acids is 1. The van der Waals surface area contributed by atoms with Gasteiger partial charge >= 0.3 is 5.97 Å². The summed E-state index contributed by atoms with van der Waals surface area (Å²) < 4.78 is 4.92. The molecule has 1 atom stereocenters. The van der Waals surface area contributed by atoms with Crippen molar-refractivity contribution in [1.29, 1.82) is 0 Å². The molecule has 2 heteroatoms. The number of rotatable bonds is 5.